The number of hydrogen-bond acceptors (Lipinski definition) is 4. The molecule has 5 nitrogen and oxygen atoms in total. The van der Waals surface area contributed by atoms with Gasteiger partial charge in [-0.05, 0) is 30.5 Å². The fourth-order valence-electron chi connectivity index (χ4n) is 1.87. The second-order valence-corrected chi connectivity index (χ2v) is 7.20. The maximum absolute atomic E-state index is 12.0. The Kier molecular flexibility index (Phi) is 4.76. The average Bonchev–Trinajstić information content (AvgIpc) is 2.91. The first-order valence-electron chi connectivity index (χ1n) is 6.26. The lowest BCUT2D eigenvalue weighted by molar-refractivity contribution is 0.0702. The van der Waals surface area contributed by atoms with Gasteiger partial charge in [0.25, 0.3) is 0 Å². The van der Waals surface area contributed by atoms with Gasteiger partial charge in [-0.1, -0.05) is 24.3 Å². The summed E-state index contributed by atoms with van der Waals surface area (Å²) in [6.45, 7) is 2.24. The Bertz CT molecular complexity index is 750. The molecule has 21 heavy (non-hydrogen) atoms. The van der Waals surface area contributed by atoms with Crippen molar-refractivity contribution in [3.8, 4) is 0 Å². The summed E-state index contributed by atoms with van der Waals surface area (Å²) in [4.78, 5) is 10.8. The van der Waals surface area contributed by atoms with Crippen molar-refractivity contribution in [3.05, 3.63) is 51.7 Å². The van der Waals surface area contributed by atoms with Gasteiger partial charge in [0, 0.05) is 11.9 Å². The average molecular weight is 325 g/mol. The lowest BCUT2D eigenvalue weighted by Gasteiger charge is -2.07. The molecule has 0 saturated heterocycles. The molecule has 0 amide bonds. The van der Waals surface area contributed by atoms with Crippen molar-refractivity contribution in [1.29, 1.82) is 0 Å². The molecule has 2 N–H and O–H groups in total. The van der Waals surface area contributed by atoms with Gasteiger partial charge in [0.15, 0.2) is 0 Å². The smallest absolute Gasteiger partial charge is 0.345 e. The summed E-state index contributed by atoms with van der Waals surface area (Å²) in [6.07, 6.45) is 0.585. The monoisotopic (exact) mass is 325 g/mol. The minimum Gasteiger partial charge on any atom is -0.477 e. The predicted molar refractivity (Wildman–Crippen MR) is 81.3 cm³/mol. The largest absolute Gasteiger partial charge is 0.477 e. The van der Waals surface area contributed by atoms with E-state index in [2.05, 4.69) is 4.72 Å². The Morgan fingerprint density at radius 3 is 2.67 bits per heavy atom. The zero-order valence-electron chi connectivity index (χ0n) is 11.4. The van der Waals surface area contributed by atoms with Crippen LogP contribution in [0.2, 0.25) is 0 Å². The van der Waals surface area contributed by atoms with E-state index in [0.717, 1.165) is 22.5 Å². The Morgan fingerprint density at radius 1 is 1.33 bits per heavy atom. The summed E-state index contributed by atoms with van der Waals surface area (Å²) in [6, 6.07) is 8.94. The molecule has 0 fully saturated rings. The molecule has 0 atom stereocenters. The second-order valence-electron chi connectivity index (χ2n) is 4.53. The number of benzene rings is 1. The highest BCUT2D eigenvalue weighted by Gasteiger charge is 2.18. The number of aromatic carboxylic acids is 1. The van der Waals surface area contributed by atoms with Gasteiger partial charge < -0.3 is 5.11 Å². The Labute approximate surface area is 127 Å². The third-order valence-corrected chi connectivity index (χ3v) is 5.55. The maximum Gasteiger partial charge on any atom is 0.345 e. The van der Waals surface area contributed by atoms with E-state index in [-0.39, 0.29) is 16.3 Å². The number of hydrogen-bond donors (Lipinski definition) is 2. The van der Waals surface area contributed by atoms with Crippen LogP contribution in [0.5, 0.6) is 0 Å². The quantitative estimate of drug-likeness (QED) is 0.853. The molecule has 0 aliphatic heterocycles. The van der Waals surface area contributed by atoms with Crippen LogP contribution in [0, 0.1) is 6.92 Å². The lowest BCUT2D eigenvalue weighted by Crippen LogP contribution is -2.25. The zero-order chi connectivity index (χ0) is 15.5. The lowest BCUT2D eigenvalue weighted by atomic mass is 10.1. The number of carbonyl (C=O) groups is 1. The van der Waals surface area contributed by atoms with E-state index in [4.69, 9.17) is 5.11 Å². The molecule has 0 unspecified atom stereocenters. The molecular formula is C14H15NO4S2. The number of rotatable bonds is 6. The first-order valence-corrected chi connectivity index (χ1v) is 8.62. The second kappa shape index (κ2) is 6.38. The van der Waals surface area contributed by atoms with E-state index < -0.39 is 16.0 Å². The van der Waals surface area contributed by atoms with Crippen LogP contribution in [-0.2, 0) is 16.4 Å². The first kappa shape index (κ1) is 15.7. The molecule has 112 valence electrons. The number of sulfonamides is 1. The number of aryl methyl sites for hydroxylation is 1. The van der Waals surface area contributed by atoms with Crippen LogP contribution in [0.3, 0.4) is 0 Å². The number of nitrogens with one attached hydrogen (secondary N) is 1. The molecule has 1 aromatic heterocycles. The van der Waals surface area contributed by atoms with E-state index in [0.29, 0.717) is 6.42 Å². The van der Waals surface area contributed by atoms with Crippen molar-refractivity contribution in [2.45, 2.75) is 18.2 Å². The Balaban J connectivity index is 2.01. The van der Waals surface area contributed by atoms with Gasteiger partial charge in [-0.25, -0.2) is 17.9 Å². The van der Waals surface area contributed by atoms with E-state index in [1.54, 1.807) is 0 Å². The molecule has 1 aromatic carbocycles. The molecule has 0 bridgehead atoms. The molecule has 0 spiro atoms. The molecule has 2 rings (SSSR count). The van der Waals surface area contributed by atoms with Gasteiger partial charge >= 0.3 is 5.97 Å². The van der Waals surface area contributed by atoms with Gasteiger partial charge in [-0.15, -0.1) is 11.3 Å². The van der Waals surface area contributed by atoms with Crippen LogP contribution in [0.4, 0.5) is 0 Å². The van der Waals surface area contributed by atoms with Crippen molar-refractivity contribution >= 4 is 27.3 Å². The van der Waals surface area contributed by atoms with Crippen molar-refractivity contribution in [1.82, 2.24) is 4.72 Å². The molecular weight excluding hydrogens is 310 g/mol. The van der Waals surface area contributed by atoms with Crippen LogP contribution < -0.4 is 4.72 Å². The summed E-state index contributed by atoms with van der Waals surface area (Å²) < 4.78 is 26.6. The fourth-order valence-corrected chi connectivity index (χ4v) is 4.01. The van der Waals surface area contributed by atoms with Crippen molar-refractivity contribution in [3.63, 3.8) is 0 Å². The SMILES string of the molecule is Cc1ccccc1CCNS(=O)(=O)c1csc(C(=O)O)c1. The van der Waals surface area contributed by atoms with Crippen molar-refractivity contribution in [2.24, 2.45) is 0 Å². The molecule has 7 heteroatoms. The summed E-state index contributed by atoms with van der Waals surface area (Å²) in [5.41, 5.74) is 2.19. The van der Waals surface area contributed by atoms with Crippen LogP contribution in [0.25, 0.3) is 0 Å². The minimum atomic E-state index is -3.66. The predicted octanol–water partition coefficient (Wildman–Crippen LogP) is 2.28. The summed E-state index contributed by atoms with van der Waals surface area (Å²) >= 11 is 0.898. The first-order chi connectivity index (χ1) is 9.90. The molecule has 0 aliphatic carbocycles. The summed E-state index contributed by atoms with van der Waals surface area (Å²) in [5.74, 6) is -1.12. The van der Waals surface area contributed by atoms with Gasteiger partial charge in [0.1, 0.15) is 4.88 Å². The molecule has 0 saturated carbocycles. The van der Waals surface area contributed by atoms with Gasteiger partial charge in [0.2, 0.25) is 10.0 Å². The van der Waals surface area contributed by atoms with E-state index >= 15 is 0 Å². The highest BCUT2D eigenvalue weighted by molar-refractivity contribution is 7.89. The molecule has 0 aliphatic rings. The third kappa shape index (κ3) is 3.90. The number of carboxylic acid groups (broad SMARTS) is 1. The maximum atomic E-state index is 12.0. The van der Waals surface area contributed by atoms with E-state index in [1.165, 1.54) is 11.4 Å². The standard InChI is InChI=1S/C14H15NO4S2/c1-10-4-2-3-5-11(10)6-7-15-21(18,19)12-8-13(14(16)17)20-9-12/h2-5,8-9,15H,6-7H2,1H3,(H,16,17). The highest BCUT2D eigenvalue weighted by atomic mass is 32.2. The van der Waals surface area contributed by atoms with Crippen LogP contribution in [-0.4, -0.2) is 26.0 Å². The zero-order valence-corrected chi connectivity index (χ0v) is 13.0. The Hall–Kier alpha value is -1.70. The van der Waals surface area contributed by atoms with Gasteiger partial charge in [0.05, 0.1) is 4.90 Å². The van der Waals surface area contributed by atoms with E-state index in [1.807, 2.05) is 31.2 Å². The number of carboxylic acids is 1. The topological polar surface area (TPSA) is 83.5 Å². The van der Waals surface area contributed by atoms with Crippen molar-refractivity contribution in [2.75, 3.05) is 6.54 Å². The van der Waals surface area contributed by atoms with Crippen LogP contribution in [0.1, 0.15) is 20.8 Å². The third-order valence-electron chi connectivity index (χ3n) is 3.04. The fraction of sp³-hybridized carbons (Fsp3) is 0.214. The molecule has 1 heterocycles. The normalized spacial score (nSPS) is 11.5. The number of thiophene rings is 1. The van der Waals surface area contributed by atoms with Gasteiger partial charge in [-0.2, -0.15) is 0 Å². The minimum absolute atomic E-state index is 0.00492. The Morgan fingerprint density at radius 2 is 2.05 bits per heavy atom. The molecule has 2 aromatic rings. The van der Waals surface area contributed by atoms with Gasteiger partial charge in [-0.3, -0.25) is 0 Å². The highest BCUT2D eigenvalue weighted by Crippen LogP contribution is 2.19. The van der Waals surface area contributed by atoms with Crippen LogP contribution >= 0.6 is 11.3 Å². The summed E-state index contributed by atoms with van der Waals surface area (Å²) in [5, 5.41) is 10.1. The van der Waals surface area contributed by atoms with Crippen molar-refractivity contribution < 1.29 is 18.3 Å². The molecule has 0 radical (unpaired) electrons. The van der Waals surface area contributed by atoms with Crippen LogP contribution in [0.15, 0.2) is 40.6 Å². The van der Waals surface area contributed by atoms with E-state index in [9.17, 15) is 13.2 Å². The summed E-state index contributed by atoms with van der Waals surface area (Å²) in [7, 11) is -3.66.